The van der Waals surface area contributed by atoms with E-state index < -0.39 is 73.7 Å². The van der Waals surface area contributed by atoms with Crippen LogP contribution in [-0.4, -0.2) is 45.0 Å². The second-order valence-corrected chi connectivity index (χ2v) is 7.27. The Morgan fingerprint density at radius 3 is 1.29 bits per heavy atom. The summed E-state index contributed by atoms with van der Waals surface area (Å²) in [6.45, 7) is 3.34. The summed E-state index contributed by atoms with van der Waals surface area (Å²) in [5.74, 6) is -7.44. The first-order valence-electron chi connectivity index (χ1n) is 8.70. The number of methoxy groups -OCH3 is 2. The second kappa shape index (κ2) is 10.4. The molecule has 0 aliphatic rings. The van der Waals surface area contributed by atoms with E-state index in [-0.39, 0.29) is 0 Å². The summed E-state index contributed by atoms with van der Waals surface area (Å²) < 4.78 is 128. The van der Waals surface area contributed by atoms with Crippen LogP contribution in [0.1, 0.15) is 40.0 Å². The number of alkyl halides is 9. The number of rotatable bonds is 10. The Kier molecular flexibility index (Phi) is 10.1. The first-order valence-corrected chi connectivity index (χ1v) is 8.70. The Hall–Kier alpha value is -0.710. The first-order chi connectivity index (χ1) is 12.4. The lowest BCUT2D eigenvalue weighted by Crippen LogP contribution is -2.40. The molecule has 0 bridgehead atoms. The van der Waals surface area contributed by atoms with Crippen LogP contribution in [0, 0.1) is 23.7 Å². The van der Waals surface area contributed by atoms with Crippen molar-refractivity contribution in [2.24, 2.45) is 23.7 Å². The lowest BCUT2D eigenvalue weighted by molar-refractivity contribution is -0.234. The van der Waals surface area contributed by atoms with Gasteiger partial charge in [-0.3, -0.25) is 0 Å². The lowest BCUT2D eigenvalue weighted by atomic mass is 9.77. The maximum absolute atomic E-state index is 13.4. The molecule has 0 N–H and O–H groups in total. The summed E-state index contributed by atoms with van der Waals surface area (Å²) >= 11 is 0. The molecule has 170 valence electrons. The molecule has 0 spiro atoms. The third kappa shape index (κ3) is 8.75. The van der Waals surface area contributed by atoms with Gasteiger partial charge in [-0.05, 0) is 38.0 Å². The van der Waals surface area contributed by atoms with Gasteiger partial charge in [0.1, 0.15) is 0 Å². The van der Waals surface area contributed by atoms with Gasteiger partial charge in [0.05, 0.1) is 17.9 Å². The summed E-state index contributed by atoms with van der Waals surface area (Å²) in [6, 6.07) is 0. The normalized spacial score (nSPS) is 20.4. The maximum Gasteiger partial charge on any atom is 0.414 e. The fourth-order valence-electron chi connectivity index (χ4n) is 3.26. The molecule has 0 aromatic heterocycles. The third-order valence-corrected chi connectivity index (χ3v) is 5.06. The largest absolute Gasteiger partial charge is 0.414 e. The molecule has 0 aromatic rings. The molecule has 0 radical (unpaired) electrons. The van der Waals surface area contributed by atoms with E-state index in [4.69, 9.17) is 4.74 Å². The highest BCUT2D eigenvalue weighted by atomic mass is 19.4. The number of hydrogen-bond donors (Lipinski definition) is 0. The topological polar surface area (TPSA) is 18.5 Å². The Bertz CT molecular complexity index is 445. The average Bonchev–Trinajstić information content (AvgIpc) is 2.51. The summed E-state index contributed by atoms with van der Waals surface area (Å²) in [5.41, 5.74) is 0. The van der Waals surface area contributed by atoms with Crippen LogP contribution >= 0.6 is 0 Å². The highest BCUT2D eigenvalue weighted by Crippen LogP contribution is 2.45. The van der Waals surface area contributed by atoms with Gasteiger partial charge in [-0.2, -0.15) is 39.5 Å². The second-order valence-electron chi connectivity index (χ2n) is 7.27. The Labute approximate surface area is 158 Å². The number of ether oxygens (including phenoxy) is 2. The van der Waals surface area contributed by atoms with E-state index in [0.717, 1.165) is 21.0 Å². The van der Waals surface area contributed by atoms with Crippen LogP contribution in [0.2, 0.25) is 0 Å². The van der Waals surface area contributed by atoms with Gasteiger partial charge in [0.25, 0.3) is 0 Å². The van der Waals surface area contributed by atoms with Gasteiger partial charge in [0.15, 0.2) is 6.10 Å². The summed E-state index contributed by atoms with van der Waals surface area (Å²) in [6.07, 6.45) is -20.3. The molecule has 11 heteroatoms. The molecule has 6 unspecified atom stereocenters. The molecule has 0 heterocycles. The summed E-state index contributed by atoms with van der Waals surface area (Å²) in [5, 5.41) is 0. The zero-order valence-corrected chi connectivity index (χ0v) is 16.3. The fraction of sp³-hybridized carbons (Fsp3) is 1.00. The van der Waals surface area contributed by atoms with Crippen LogP contribution in [0.15, 0.2) is 0 Å². The van der Waals surface area contributed by atoms with Crippen LogP contribution < -0.4 is 0 Å². The van der Waals surface area contributed by atoms with Crippen LogP contribution in [-0.2, 0) is 9.47 Å². The fourth-order valence-corrected chi connectivity index (χ4v) is 3.26. The molecule has 0 rings (SSSR count). The molecular formula is C17H27F9O2. The van der Waals surface area contributed by atoms with Gasteiger partial charge >= 0.3 is 18.5 Å². The van der Waals surface area contributed by atoms with E-state index in [9.17, 15) is 39.5 Å². The monoisotopic (exact) mass is 434 g/mol. The van der Waals surface area contributed by atoms with Gasteiger partial charge in [0, 0.05) is 14.2 Å². The predicted molar refractivity (Wildman–Crippen MR) is 84.6 cm³/mol. The zero-order chi connectivity index (χ0) is 22.5. The van der Waals surface area contributed by atoms with Gasteiger partial charge in [-0.25, -0.2) is 0 Å². The van der Waals surface area contributed by atoms with Gasteiger partial charge in [-0.1, -0.05) is 13.8 Å². The van der Waals surface area contributed by atoms with Crippen molar-refractivity contribution in [3.05, 3.63) is 0 Å². The van der Waals surface area contributed by atoms with E-state index >= 15 is 0 Å². The van der Waals surface area contributed by atoms with Crippen molar-refractivity contribution in [2.75, 3.05) is 14.2 Å². The smallest absolute Gasteiger partial charge is 0.382 e. The summed E-state index contributed by atoms with van der Waals surface area (Å²) in [7, 11) is 1.91. The molecular weight excluding hydrogens is 407 g/mol. The molecule has 2 nitrogen and oxygen atoms in total. The standard InChI is InChI=1S/C17H27F9O2/c1-9(13(16(21,22)23)8-11(3)27-4)6-12(15(18,19)20)10(2)7-14(28-5)17(24,25)26/h9-14H,6-8H2,1-5H3. The Morgan fingerprint density at radius 1 is 0.571 bits per heavy atom. The molecule has 28 heavy (non-hydrogen) atoms. The minimum atomic E-state index is -4.94. The van der Waals surface area contributed by atoms with E-state index in [1.165, 1.54) is 14.0 Å². The van der Waals surface area contributed by atoms with Gasteiger partial charge in [-0.15, -0.1) is 0 Å². The highest BCUT2D eigenvalue weighted by molar-refractivity contribution is 4.84. The lowest BCUT2D eigenvalue weighted by Gasteiger charge is -2.34. The molecule has 0 fully saturated rings. The van der Waals surface area contributed by atoms with Crippen molar-refractivity contribution >= 4 is 0 Å². The van der Waals surface area contributed by atoms with E-state index in [1.54, 1.807) is 0 Å². The van der Waals surface area contributed by atoms with Crippen molar-refractivity contribution in [3.63, 3.8) is 0 Å². The van der Waals surface area contributed by atoms with E-state index in [2.05, 4.69) is 4.74 Å². The van der Waals surface area contributed by atoms with Gasteiger partial charge in [0.2, 0.25) is 0 Å². The van der Waals surface area contributed by atoms with E-state index in [1.807, 2.05) is 0 Å². The minimum Gasteiger partial charge on any atom is -0.382 e. The quantitative estimate of drug-likeness (QED) is 0.371. The number of hydrogen-bond acceptors (Lipinski definition) is 2. The zero-order valence-electron chi connectivity index (χ0n) is 16.3. The van der Waals surface area contributed by atoms with Crippen molar-refractivity contribution in [1.82, 2.24) is 0 Å². The van der Waals surface area contributed by atoms with Crippen molar-refractivity contribution < 1.29 is 49.0 Å². The first kappa shape index (κ1) is 27.3. The number of halogens is 9. The SMILES string of the molecule is COC(C)CC(C(C)CC(C(C)CC(OC)C(F)(F)F)C(F)(F)F)C(F)(F)F. The average molecular weight is 434 g/mol. The minimum absolute atomic E-state index is 0.538. The molecule has 0 aromatic carbocycles. The van der Waals surface area contributed by atoms with Crippen molar-refractivity contribution in [2.45, 2.75) is 70.8 Å². The Balaban J connectivity index is 5.51. The summed E-state index contributed by atoms with van der Waals surface area (Å²) in [4.78, 5) is 0. The van der Waals surface area contributed by atoms with Crippen molar-refractivity contribution in [3.8, 4) is 0 Å². The van der Waals surface area contributed by atoms with Crippen LogP contribution in [0.4, 0.5) is 39.5 Å². The molecule has 0 saturated carbocycles. The maximum atomic E-state index is 13.4. The van der Waals surface area contributed by atoms with E-state index in [0.29, 0.717) is 0 Å². The molecule has 0 amide bonds. The molecule has 0 aliphatic carbocycles. The van der Waals surface area contributed by atoms with Gasteiger partial charge < -0.3 is 9.47 Å². The Morgan fingerprint density at radius 2 is 0.964 bits per heavy atom. The molecule has 0 saturated heterocycles. The van der Waals surface area contributed by atoms with Crippen LogP contribution in [0.5, 0.6) is 0 Å². The third-order valence-electron chi connectivity index (χ3n) is 5.06. The highest BCUT2D eigenvalue weighted by Gasteiger charge is 2.50. The van der Waals surface area contributed by atoms with Crippen LogP contribution in [0.25, 0.3) is 0 Å². The van der Waals surface area contributed by atoms with Crippen molar-refractivity contribution in [1.29, 1.82) is 0 Å². The molecule has 6 atom stereocenters. The van der Waals surface area contributed by atoms with Crippen LogP contribution in [0.3, 0.4) is 0 Å². The molecule has 0 aliphatic heterocycles. The predicted octanol–water partition coefficient (Wildman–Crippen LogP) is 6.40.